The first-order chi connectivity index (χ1) is 28.5. The number of aliphatic hydroxyl groups excluding tert-OH is 2. The maximum Gasteiger partial charge on any atom is 0.375 e. The van der Waals surface area contributed by atoms with Crippen LogP contribution in [0.15, 0.2) is 89.1 Å². The summed E-state index contributed by atoms with van der Waals surface area (Å²) in [6, 6.07) is 15.8. The zero-order chi connectivity index (χ0) is 43.6. The van der Waals surface area contributed by atoms with Gasteiger partial charge in [-0.25, -0.2) is 4.79 Å². The molecule has 0 radical (unpaired) electrons. The highest BCUT2D eigenvalue weighted by molar-refractivity contribution is 6.29. The lowest BCUT2D eigenvalue weighted by Gasteiger charge is -2.64. The van der Waals surface area contributed by atoms with Gasteiger partial charge in [-0.1, -0.05) is 50.6 Å². The Morgan fingerprint density at radius 1 is 1.12 bits per heavy atom. The van der Waals surface area contributed by atoms with Gasteiger partial charge >= 0.3 is 5.97 Å². The molecule has 2 aromatic carbocycles. The molecule has 1 aromatic heterocycles. The van der Waals surface area contributed by atoms with E-state index >= 15 is 0 Å². The van der Waals surface area contributed by atoms with Crippen molar-refractivity contribution in [3.8, 4) is 11.5 Å². The van der Waals surface area contributed by atoms with Crippen LogP contribution in [0.1, 0.15) is 81.2 Å². The van der Waals surface area contributed by atoms with Crippen molar-refractivity contribution < 1.29 is 48.4 Å². The second-order valence-electron chi connectivity index (χ2n) is 17.0. The van der Waals surface area contributed by atoms with Gasteiger partial charge in [-0.3, -0.25) is 14.4 Å². The third-order valence-electron chi connectivity index (χ3n) is 13.7. The number of amides is 1. The highest BCUT2D eigenvalue weighted by atomic mass is 35.5. The van der Waals surface area contributed by atoms with E-state index in [2.05, 4.69) is 10.6 Å². The number of rotatable bonds is 13. The quantitative estimate of drug-likeness (QED) is 0.0512. The Balaban J connectivity index is 0.000000214. The molecule has 5 N–H and O–H groups in total. The van der Waals surface area contributed by atoms with Gasteiger partial charge in [-0.2, -0.15) is 0 Å². The molecule has 3 saturated carbocycles. The molecule has 12 nitrogen and oxygen atoms in total. The number of Topliss-reactive ketones (excluding diaryl/α,β-unsaturated/α-hetero) is 1. The molecule has 10 atom stereocenters. The Bertz CT molecular complexity index is 2120. The van der Waals surface area contributed by atoms with E-state index in [1.54, 1.807) is 31.4 Å². The zero-order valence-corrected chi connectivity index (χ0v) is 36.0. The lowest BCUT2D eigenvalue weighted by molar-refractivity contribution is -0.177. The zero-order valence-electron chi connectivity index (χ0n) is 34.5. The number of benzene rings is 2. The summed E-state index contributed by atoms with van der Waals surface area (Å²) in [5, 5.41) is 37.4. The number of phenolic OH excluding ortho intramolecular Hbond substituents is 1. The van der Waals surface area contributed by atoms with Crippen molar-refractivity contribution in [3.63, 3.8) is 0 Å². The van der Waals surface area contributed by atoms with E-state index in [0.29, 0.717) is 37.8 Å². The van der Waals surface area contributed by atoms with Gasteiger partial charge in [0.2, 0.25) is 12.2 Å². The molecule has 3 aromatic rings. The number of aromatic hydroxyl groups is 1. The Morgan fingerprint density at radius 3 is 2.50 bits per heavy atom. The van der Waals surface area contributed by atoms with Crippen LogP contribution in [0.2, 0.25) is 0 Å². The first-order valence-corrected chi connectivity index (χ1v) is 21.1. The minimum Gasteiger partial charge on any atom is -0.506 e. The summed E-state index contributed by atoms with van der Waals surface area (Å²) in [4.78, 5) is 48.2. The summed E-state index contributed by atoms with van der Waals surface area (Å²) in [6.07, 6.45) is 8.00. The van der Waals surface area contributed by atoms with E-state index in [-0.39, 0.29) is 64.9 Å². The van der Waals surface area contributed by atoms with Gasteiger partial charge < -0.3 is 39.8 Å². The number of phenols is 1. The number of ether oxygens (including phenoxy) is 2. The van der Waals surface area contributed by atoms with Crippen LogP contribution >= 0.6 is 23.2 Å². The van der Waals surface area contributed by atoms with Gasteiger partial charge in [0.1, 0.15) is 11.5 Å². The number of methoxy groups -OCH3 is 1. The lowest BCUT2D eigenvalue weighted by atomic mass is 9.45. The Kier molecular flexibility index (Phi) is 13.4. The van der Waals surface area contributed by atoms with Crippen LogP contribution in [0.5, 0.6) is 11.5 Å². The van der Waals surface area contributed by atoms with Gasteiger partial charge in [0.15, 0.2) is 17.2 Å². The number of fused-ring (bicyclic) bond motifs is 5. The number of esters is 1. The fourth-order valence-electron chi connectivity index (χ4n) is 10.6. The molecule has 0 unspecified atom stereocenters. The summed E-state index contributed by atoms with van der Waals surface area (Å²) in [5.41, 5.74) is -0.131. The number of halogens is 2. The number of hydrogen-bond acceptors (Lipinski definition) is 11. The van der Waals surface area contributed by atoms with Crippen LogP contribution in [0.25, 0.3) is 0 Å². The van der Waals surface area contributed by atoms with Crippen LogP contribution < -0.4 is 15.4 Å². The molecule has 60 heavy (non-hydrogen) atoms. The number of nitrogens with one attached hydrogen (secondary N) is 2. The summed E-state index contributed by atoms with van der Waals surface area (Å²) in [5.74, 6) is -1.33. The van der Waals surface area contributed by atoms with Crippen LogP contribution in [0.4, 0.5) is 5.69 Å². The maximum atomic E-state index is 13.6. The monoisotopic (exact) mass is 864 g/mol. The molecule has 1 amide bonds. The molecule has 4 aliphatic carbocycles. The van der Waals surface area contributed by atoms with Crippen LogP contribution in [0, 0.1) is 28.6 Å². The number of hydrogen-bond donors (Lipinski definition) is 5. The van der Waals surface area contributed by atoms with E-state index in [1.165, 1.54) is 30.0 Å². The molecule has 4 aliphatic rings. The standard InChI is InChI=1S/C27H30Cl2O6.C19H24N2O4/c1-15-11-19-18-7-6-16-12-17(30)8-9-24(16,2)26(18,29)21(31)13-25(19,3)27(15,22(32)14-28)35-23(33)20-5-4-10-34-20;1-13(9-14-3-6-16(25-2)7-4-14)20-11-19(24)15-5-8-18(23)17(10-15)21-12-22/h4-5,8-10,12,15,18-19,21,31H,6-7,11,13-14H2,1-3H3;3-8,10,12-13,19-20,23-24H,9,11H2,1-2H3,(H,21,22)/t15-,18+,19+,21+,24+,25+,26+,27+;13-,19+/m11/s1. The SMILES string of the molecule is COc1ccc(C[C@@H](C)NC[C@H](O)c2ccc(O)c(NC=O)c2)cc1.C[C@@H]1C[C@H]2[C@@H]3CCC4=CC(=O)C=C[C@]4(C)[C@@]3(Cl)[C@@H](O)C[C@]2(C)[C@@]1(OC(=O)c1ccco1)C(=O)CCl. The first-order valence-electron chi connectivity index (χ1n) is 20.2. The molecular weight excluding hydrogens is 811 g/mol. The highest BCUT2D eigenvalue weighted by Crippen LogP contribution is 2.72. The van der Waals surface area contributed by atoms with Gasteiger partial charge in [-0.05, 0) is 111 Å². The Morgan fingerprint density at radius 2 is 1.85 bits per heavy atom. The Hall–Kier alpha value is -4.46. The molecule has 0 spiro atoms. The number of carbonyl (C=O) groups excluding carboxylic acids is 4. The predicted molar refractivity (Wildman–Crippen MR) is 227 cm³/mol. The molecule has 14 heteroatoms. The molecule has 0 saturated heterocycles. The molecular formula is C46H54Cl2N2O10. The van der Waals surface area contributed by atoms with Crippen molar-refractivity contribution in [1.82, 2.24) is 5.32 Å². The first kappa shape index (κ1) is 45.1. The lowest BCUT2D eigenvalue weighted by Crippen LogP contribution is -2.69. The van der Waals surface area contributed by atoms with Crippen molar-refractivity contribution in [2.45, 2.75) is 88.5 Å². The smallest absolute Gasteiger partial charge is 0.375 e. The summed E-state index contributed by atoms with van der Waals surface area (Å²) in [7, 11) is 1.64. The van der Waals surface area contributed by atoms with E-state index in [1.807, 2.05) is 58.0 Å². The fraction of sp³-hybridized carbons (Fsp3) is 0.478. The average Bonchev–Trinajstić information content (AvgIpc) is 3.85. The Labute approximate surface area is 360 Å². The van der Waals surface area contributed by atoms with Crippen molar-refractivity contribution in [2.24, 2.45) is 28.6 Å². The van der Waals surface area contributed by atoms with Crippen LogP contribution in [-0.2, 0) is 25.5 Å². The van der Waals surface area contributed by atoms with Crippen LogP contribution in [0.3, 0.4) is 0 Å². The minimum absolute atomic E-state index is 0.00557. The average molecular weight is 866 g/mol. The van der Waals surface area contributed by atoms with E-state index in [9.17, 15) is 34.5 Å². The largest absolute Gasteiger partial charge is 0.506 e. The second kappa shape index (κ2) is 17.9. The fourth-order valence-corrected chi connectivity index (χ4v) is 11.4. The van der Waals surface area contributed by atoms with Gasteiger partial charge in [-0.15, -0.1) is 23.2 Å². The maximum absolute atomic E-state index is 13.6. The number of allylic oxidation sites excluding steroid dienone is 4. The van der Waals surface area contributed by atoms with Gasteiger partial charge in [0.05, 0.1) is 42.0 Å². The third kappa shape index (κ3) is 7.93. The second-order valence-corrected chi connectivity index (χ2v) is 17.9. The minimum atomic E-state index is -1.53. The number of furan rings is 1. The van der Waals surface area contributed by atoms with Crippen molar-refractivity contribution in [1.29, 1.82) is 0 Å². The normalized spacial score (nSPS) is 31.2. The number of anilines is 1. The third-order valence-corrected chi connectivity index (χ3v) is 14.8. The highest BCUT2D eigenvalue weighted by Gasteiger charge is 2.76. The van der Waals surface area contributed by atoms with E-state index in [0.717, 1.165) is 17.7 Å². The number of aliphatic hydroxyl groups is 2. The number of carbonyl (C=O) groups is 4. The van der Waals surface area contributed by atoms with Crippen molar-refractivity contribution in [2.75, 3.05) is 24.9 Å². The van der Waals surface area contributed by atoms with Crippen molar-refractivity contribution >= 4 is 52.8 Å². The van der Waals surface area contributed by atoms with Gasteiger partial charge in [0.25, 0.3) is 0 Å². The predicted octanol–water partition coefficient (Wildman–Crippen LogP) is 7.09. The van der Waals surface area contributed by atoms with Crippen molar-refractivity contribution in [3.05, 3.63) is 102 Å². The molecule has 322 valence electrons. The topological polar surface area (TPSA) is 185 Å². The summed E-state index contributed by atoms with van der Waals surface area (Å²) < 4.78 is 16.5. The van der Waals surface area contributed by atoms with E-state index in [4.69, 9.17) is 37.1 Å². The molecule has 3 fully saturated rings. The number of ketones is 2. The van der Waals surface area contributed by atoms with E-state index < -0.39 is 39.5 Å². The molecule has 0 bridgehead atoms. The molecule has 7 rings (SSSR count). The molecule has 0 aliphatic heterocycles. The molecule has 1 heterocycles. The van der Waals surface area contributed by atoms with Crippen LogP contribution in [-0.4, -0.2) is 81.4 Å². The van der Waals surface area contributed by atoms with Gasteiger partial charge in [0, 0.05) is 29.3 Å². The summed E-state index contributed by atoms with van der Waals surface area (Å²) >= 11 is 13.6. The number of alkyl halides is 2. The summed E-state index contributed by atoms with van der Waals surface area (Å²) in [6.45, 7) is 8.23.